The highest BCUT2D eigenvalue weighted by Crippen LogP contribution is 2.21. The number of nitrogens with zero attached hydrogens (tertiary/aromatic N) is 4. The minimum Gasteiger partial charge on any atom is -0.351 e. The van der Waals surface area contributed by atoms with Gasteiger partial charge >= 0.3 is 0 Å². The maximum atomic E-state index is 12.3. The maximum Gasteiger partial charge on any atom is 0.271 e. The Bertz CT molecular complexity index is 900. The molecule has 1 saturated heterocycles. The molecular formula is C20H24N6OS. The van der Waals surface area contributed by atoms with Crippen LogP contribution in [0.2, 0.25) is 0 Å². The molecular weight excluding hydrogens is 372 g/mol. The van der Waals surface area contributed by atoms with Crippen LogP contribution in [0.5, 0.6) is 0 Å². The number of aromatic nitrogens is 4. The van der Waals surface area contributed by atoms with Gasteiger partial charge in [0.05, 0.1) is 16.7 Å². The number of hydrogen-bond acceptors (Lipinski definition) is 6. The number of piperidine rings is 1. The van der Waals surface area contributed by atoms with Gasteiger partial charge in [-0.15, -0.1) is 11.3 Å². The number of rotatable bonds is 7. The predicted octanol–water partition coefficient (Wildman–Crippen LogP) is 2.69. The van der Waals surface area contributed by atoms with Gasteiger partial charge in [-0.3, -0.25) is 14.5 Å². The average Bonchev–Trinajstić information content (AvgIpc) is 3.42. The largest absolute Gasteiger partial charge is 0.351 e. The fourth-order valence-corrected chi connectivity index (χ4v) is 4.18. The van der Waals surface area contributed by atoms with Crippen molar-refractivity contribution >= 4 is 17.2 Å². The van der Waals surface area contributed by atoms with E-state index in [1.54, 1.807) is 29.8 Å². The van der Waals surface area contributed by atoms with Gasteiger partial charge in [-0.05, 0) is 44.0 Å². The molecule has 0 spiro atoms. The zero-order chi connectivity index (χ0) is 19.2. The molecule has 1 aliphatic rings. The van der Waals surface area contributed by atoms with Gasteiger partial charge in [0.2, 0.25) is 0 Å². The summed E-state index contributed by atoms with van der Waals surface area (Å²) in [6.45, 7) is 2.59. The van der Waals surface area contributed by atoms with Crippen LogP contribution in [0, 0.1) is 0 Å². The van der Waals surface area contributed by atoms with E-state index in [9.17, 15) is 4.79 Å². The summed E-state index contributed by atoms with van der Waals surface area (Å²) < 4.78 is 1.91. The van der Waals surface area contributed by atoms with Crippen LogP contribution in [0.4, 0.5) is 0 Å². The van der Waals surface area contributed by atoms with Crippen molar-refractivity contribution in [3.8, 4) is 11.3 Å². The molecule has 146 valence electrons. The Kier molecular flexibility index (Phi) is 6.08. The predicted molar refractivity (Wildman–Crippen MR) is 109 cm³/mol. The van der Waals surface area contributed by atoms with E-state index in [2.05, 4.69) is 31.1 Å². The third kappa shape index (κ3) is 4.63. The van der Waals surface area contributed by atoms with Crippen molar-refractivity contribution in [2.75, 3.05) is 19.6 Å². The van der Waals surface area contributed by atoms with Crippen LogP contribution >= 0.6 is 11.3 Å². The highest BCUT2D eigenvalue weighted by atomic mass is 32.1. The Hall–Kier alpha value is -2.58. The van der Waals surface area contributed by atoms with Crippen molar-refractivity contribution in [1.82, 2.24) is 30.4 Å². The van der Waals surface area contributed by atoms with E-state index in [1.165, 1.54) is 0 Å². The number of aryl methyl sites for hydroxylation is 1. The van der Waals surface area contributed by atoms with Crippen LogP contribution in [0.25, 0.3) is 11.3 Å². The van der Waals surface area contributed by atoms with Gasteiger partial charge in [-0.1, -0.05) is 0 Å². The normalized spacial score (nSPS) is 16.8. The molecule has 1 fully saturated rings. The number of amides is 1. The Balaban J connectivity index is 1.23. The van der Waals surface area contributed by atoms with Crippen molar-refractivity contribution in [3.05, 3.63) is 52.9 Å². The van der Waals surface area contributed by atoms with Crippen LogP contribution < -0.4 is 10.6 Å². The van der Waals surface area contributed by atoms with E-state index in [-0.39, 0.29) is 5.91 Å². The number of nitrogens with one attached hydrogen (secondary N) is 2. The molecule has 0 aliphatic carbocycles. The molecule has 7 nitrogen and oxygen atoms in total. The van der Waals surface area contributed by atoms with Crippen LogP contribution in [0.1, 0.15) is 40.8 Å². The highest BCUT2D eigenvalue weighted by Gasteiger charge is 2.17. The monoisotopic (exact) mass is 396 g/mol. The molecule has 28 heavy (non-hydrogen) atoms. The molecule has 2 N–H and O–H groups in total. The molecule has 8 heteroatoms. The number of hydrogen-bond donors (Lipinski definition) is 2. The number of pyridine rings is 1. The maximum absolute atomic E-state index is 12.3. The first-order valence-electron chi connectivity index (χ1n) is 9.68. The van der Waals surface area contributed by atoms with Gasteiger partial charge in [0, 0.05) is 49.0 Å². The Labute approximate surface area is 168 Å². The molecule has 1 unspecified atom stereocenters. The van der Waals surface area contributed by atoms with Gasteiger partial charge in [0.25, 0.3) is 5.91 Å². The van der Waals surface area contributed by atoms with E-state index in [0.29, 0.717) is 18.3 Å². The molecule has 0 bridgehead atoms. The minimum atomic E-state index is -0.112. The van der Waals surface area contributed by atoms with Crippen molar-refractivity contribution < 1.29 is 4.79 Å². The molecule has 1 atom stereocenters. The first kappa shape index (κ1) is 18.8. The molecule has 0 radical (unpaired) electrons. The van der Waals surface area contributed by atoms with Gasteiger partial charge in [0.1, 0.15) is 5.69 Å². The quantitative estimate of drug-likeness (QED) is 0.600. The molecule has 0 saturated carbocycles. The van der Waals surface area contributed by atoms with Crippen molar-refractivity contribution in [2.45, 2.75) is 31.7 Å². The highest BCUT2D eigenvalue weighted by molar-refractivity contribution is 7.09. The summed E-state index contributed by atoms with van der Waals surface area (Å²) in [7, 11) is 0. The first-order chi connectivity index (χ1) is 13.8. The van der Waals surface area contributed by atoms with Crippen molar-refractivity contribution in [3.63, 3.8) is 0 Å². The molecule has 3 aromatic heterocycles. The lowest BCUT2D eigenvalue weighted by Crippen LogP contribution is -2.32. The molecule has 1 aliphatic heterocycles. The van der Waals surface area contributed by atoms with Gasteiger partial charge < -0.3 is 10.6 Å². The Morgan fingerprint density at radius 1 is 1.32 bits per heavy atom. The van der Waals surface area contributed by atoms with Crippen molar-refractivity contribution in [2.24, 2.45) is 0 Å². The van der Waals surface area contributed by atoms with E-state index < -0.39 is 0 Å². The third-order valence-corrected chi connectivity index (χ3v) is 5.78. The number of thiazole rings is 1. The van der Waals surface area contributed by atoms with Crippen molar-refractivity contribution in [1.29, 1.82) is 0 Å². The van der Waals surface area contributed by atoms with Gasteiger partial charge in [-0.25, -0.2) is 4.98 Å². The van der Waals surface area contributed by atoms with Crippen LogP contribution in [0.3, 0.4) is 0 Å². The smallest absolute Gasteiger partial charge is 0.271 e. The summed E-state index contributed by atoms with van der Waals surface area (Å²) in [6.07, 6.45) is 9.39. The second kappa shape index (κ2) is 9.07. The molecule has 4 rings (SSSR count). The summed E-state index contributed by atoms with van der Waals surface area (Å²) in [5.41, 5.74) is 2.54. The standard InChI is InChI=1S/C20H24N6OS/c27-20(17-7-12-26(25-17)16-3-1-8-22-13-16)23-9-2-4-19-24-18(14-28-19)15-5-10-21-11-6-15/h5-7,10-12,14,16,22H,1-4,8-9,13H2,(H,23,27). The summed E-state index contributed by atoms with van der Waals surface area (Å²) >= 11 is 1.65. The van der Waals surface area contributed by atoms with Crippen LogP contribution in [0.15, 0.2) is 42.2 Å². The number of carbonyl (C=O) groups is 1. The lowest BCUT2D eigenvalue weighted by atomic mass is 10.1. The summed E-state index contributed by atoms with van der Waals surface area (Å²) in [5, 5.41) is 13.9. The van der Waals surface area contributed by atoms with Gasteiger partial charge in [0.15, 0.2) is 0 Å². The third-order valence-electron chi connectivity index (χ3n) is 4.87. The topological polar surface area (TPSA) is 84.7 Å². The average molecular weight is 397 g/mol. The number of carbonyl (C=O) groups excluding carboxylic acids is 1. The van der Waals surface area contributed by atoms with Crippen LogP contribution in [-0.4, -0.2) is 45.3 Å². The minimum absolute atomic E-state index is 0.112. The SMILES string of the molecule is O=C(NCCCc1nc(-c2ccncc2)cs1)c1ccn(C2CCCNC2)n1. The van der Waals surface area contributed by atoms with E-state index >= 15 is 0 Å². The molecule has 0 aromatic carbocycles. The fourth-order valence-electron chi connectivity index (χ4n) is 3.33. The summed E-state index contributed by atoms with van der Waals surface area (Å²) in [4.78, 5) is 21.0. The zero-order valence-electron chi connectivity index (χ0n) is 15.7. The first-order valence-corrected chi connectivity index (χ1v) is 10.6. The van der Waals surface area contributed by atoms with Crippen LogP contribution in [-0.2, 0) is 6.42 Å². The van der Waals surface area contributed by atoms with E-state index in [4.69, 9.17) is 0 Å². The lowest BCUT2D eigenvalue weighted by Gasteiger charge is -2.22. The van der Waals surface area contributed by atoms with E-state index in [1.807, 2.05) is 23.0 Å². The molecule has 3 aromatic rings. The second-order valence-electron chi connectivity index (χ2n) is 6.90. The Morgan fingerprint density at radius 2 is 2.21 bits per heavy atom. The fraction of sp³-hybridized carbons (Fsp3) is 0.400. The Morgan fingerprint density at radius 3 is 3.04 bits per heavy atom. The summed E-state index contributed by atoms with van der Waals surface area (Å²) in [5.74, 6) is -0.112. The summed E-state index contributed by atoms with van der Waals surface area (Å²) in [6, 6.07) is 6.06. The molecule has 1 amide bonds. The van der Waals surface area contributed by atoms with Gasteiger partial charge in [-0.2, -0.15) is 5.10 Å². The van der Waals surface area contributed by atoms with E-state index in [0.717, 1.165) is 55.0 Å². The molecule has 4 heterocycles. The second-order valence-corrected chi connectivity index (χ2v) is 7.85. The lowest BCUT2D eigenvalue weighted by molar-refractivity contribution is 0.0947. The zero-order valence-corrected chi connectivity index (χ0v) is 16.5.